The maximum atomic E-state index is 2.62. The fraction of sp³-hybridized carbons (Fsp3) is 0.909. The van der Waals surface area contributed by atoms with Gasteiger partial charge in [0.2, 0.25) is 0 Å². The maximum Gasteiger partial charge on any atom is -0.0233 e. The van der Waals surface area contributed by atoms with Crippen LogP contribution in [-0.2, 0) is 0 Å². The average molecular weight is 305 g/mol. The SMILES string of the molecule is CCCCC1CCC(/C=C/C2CCC(CCCC)CC2)CC1. The van der Waals surface area contributed by atoms with Gasteiger partial charge >= 0.3 is 0 Å². The largest absolute Gasteiger partial charge is 0.0851 e. The molecule has 2 fully saturated rings. The molecule has 2 rings (SSSR count). The Morgan fingerprint density at radius 1 is 0.591 bits per heavy atom. The second-order valence-electron chi connectivity index (χ2n) is 8.23. The lowest BCUT2D eigenvalue weighted by Gasteiger charge is -2.29. The molecule has 0 spiro atoms. The highest BCUT2D eigenvalue weighted by molar-refractivity contribution is 4.96. The molecule has 0 aliphatic heterocycles. The Hall–Kier alpha value is -0.260. The summed E-state index contributed by atoms with van der Waals surface area (Å²) in [7, 11) is 0. The van der Waals surface area contributed by atoms with Gasteiger partial charge in [0.1, 0.15) is 0 Å². The van der Waals surface area contributed by atoms with Gasteiger partial charge in [-0.2, -0.15) is 0 Å². The van der Waals surface area contributed by atoms with Crippen molar-refractivity contribution in [1.29, 1.82) is 0 Å². The predicted octanol–water partition coefficient (Wildman–Crippen LogP) is 7.54. The van der Waals surface area contributed by atoms with E-state index in [1.165, 1.54) is 89.9 Å². The van der Waals surface area contributed by atoms with Crippen molar-refractivity contribution in [2.75, 3.05) is 0 Å². The van der Waals surface area contributed by atoms with E-state index < -0.39 is 0 Å². The first kappa shape index (κ1) is 18.1. The van der Waals surface area contributed by atoms with Crippen LogP contribution in [-0.4, -0.2) is 0 Å². The van der Waals surface area contributed by atoms with Gasteiger partial charge in [-0.15, -0.1) is 0 Å². The van der Waals surface area contributed by atoms with Crippen molar-refractivity contribution in [3.05, 3.63) is 12.2 Å². The van der Waals surface area contributed by atoms with Crippen molar-refractivity contribution in [2.24, 2.45) is 23.7 Å². The molecule has 2 aliphatic carbocycles. The molecule has 0 aromatic heterocycles. The van der Waals surface area contributed by atoms with E-state index in [1.54, 1.807) is 0 Å². The van der Waals surface area contributed by atoms with Crippen molar-refractivity contribution in [3.8, 4) is 0 Å². The molecule has 0 unspecified atom stereocenters. The zero-order valence-electron chi connectivity index (χ0n) is 15.4. The Balaban J connectivity index is 1.60. The third-order valence-electron chi connectivity index (χ3n) is 6.37. The van der Waals surface area contributed by atoms with Crippen LogP contribution in [0.2, 0.25) is 0 Å². The van der Waals surface area contributed by atoms with Gasteiger partial charge in [0.15, 0.2) is 0 Å². The molecule has 0 radical (unpaired) electrons. The molecular formula is C22H40. The molecule has 22 heavy (non-hydrogen) atoms. The number of rotatable bonds is 8. The van der Waals surface area contributed by atoms with Crippen LogP contribution in [0.1, 0.15) is 104 Å². The molecule has 0 aromatic carbocycles. The molecule has 0 aromatic rings. The predicted molar refractivity (Wildman–Crippen MR) is 99.1 cm³/mol. The first-order valence-electron chi connectivity index (χ1n) is 10.5. The van der Waals surface area contributed by atoms with E-state index in [4.69, 9.17) is 0 Å². The minimum absolute atomic E-state index is 0.913. The van der Waals surface area contributed by atoms with Crippen LogP contribution >= 0.6 is 0 Å². The minimum Gasteiger partial charge on any atom is -0.0851 e. The van der Waals surface area contributed by atoms with Gasteiger partial charge in [-0.25, -0.2) is 0 Å². The Morgan fingerprint density at radius 3 is 1.27 bits per heavy atom. The first-order valence-corrected chi connectivity index (χ1v) is 10.5. The van der Waals surface area contributed by atoms with Gasteiger partial charge in [-0.3, -0.25) is 0 Å². The zero-order chi connectivity index (χ0) is 15.6. The lowest BCUT2D eigenvalue weighted by Crippen LogP contribution is -2.15. The summed E-state index contributed by atoms with van der Waals surface area (Å²) in [5, 5.41) is 0. The van der Waals surface area contributed by atoms with Crippen LogP contribution in [0, 0.1) is 23.7 Å². The summed E-state index contributed by atoms with van der Waals surface area (Å²) < 4.78 is 0. The van der Waals surface area contributed by atoms with Gasteiger partial charge in [-0.1, -0.05) is 64.5 Å². The second-order valence-corrected chi connectivity index (χ2v) is 8.23. The number of unbranched alkanes of at least 4 members (excludes halogenated alkanes) is 2. The van der Waals surface area contributed by atoms with E-state index in [-0.39, 0.29) is 0 Å². The zero-order valence-corrected chi connectivity index (χ0v) is 15.4. The summed E-state index contributed by atoms with van der Waals surface area (Å²) in [6, 6.07) is 0. The van der Waals surface area contributed by atoms with E-state index in [0.717, 1.165) is 23.7 Å². The lowest BCUT2D eigenvalue weighted by molar-refractivity contribution is 0.281. The molecule has 0 N–H and O–H groups in total. The molecule has 0 bridgehead atoms. The summed E-state index contributed by atoms with van der Waals surface area (Å²) in [5.41, 5.74) is 0. The lowest BCUT2D eigenvalue weighted by atomic mass is 9.77. The summed E-state index contributed by atoms with van der Waals surface area (Å²) >= 11 is 0. The number of allylic oxidation sites excluding steroid dienone is 2. The van der Waals surface area contributed by atoms with E-state index >= 15 is 0 Å². The molecule has 2 aliphatic rings. The maximum absolute atomic E-state index is 2.62. The summed E-state index contributed by atoms with van der Waals surface area (Å²) in [6.07, 6.45) is 25.7. The Kier molecular flexibility index (Phi) is 8.63. The average Bonchev–Trinajstić information content (AvgIpc) is 2.58. The van der Waals surface area contributed by atoms with Gasteiger partial charge in [0.05, 0.1) is 0 Å². The van der Waals surface area contributed by atoms with Crippen molar-refractivity contribution < 1.29 is 0 Å². The highest BCUT2D eigenvalue weighted by Gasteiger charge is 2.21. The monoisotopic (exact) mass is 304 g/mol. The highest BCUT2D eigenvalue weighted by Crippen LogP contribution is 2.35. The normalized spacial score (nSPS) is 33.4. The van der Waals surface area contributed by atoms with E-state index in [0.29, 0.717) is 0 Å². The topological polar surface area (TPSA) is 0 Å². The second kappa shape index (κ2) is 10.5. The summed E-state index contributed by atoms with van der Waals surface area (Å²) in [4.78, 5) is 0. The Morgan fingerprint density at radius 2 is 0.955 bits per heavy atom. The molecule has 0 heterocycles. The fourth-order valence-corrected chi connectivity index (χ4v) is 4.64. The van der Waals surface area contributed by atoms with Crippen molar-refractivity contribution >= 4 is 0 Å². The van der Waals surface area contributed by atoms with E-state index in [1.807, 2.05) is 0 Å². The fourth-order valence-electron chi connectivity index (χ4n) is 4.64. The van der Waals surface area contributed by atoms with Crippen LogP contribution < -0.4 is 0 Å². The number of hydrogen-bond acceptors (Lipinski definition) is 0. The molecule has 0 heteroatoms. The van der Waals surface area contributed by atoms with Gasteiger partial charge in [0, 0.05) is 0 Å². The van der Waals surface area contributed by atoms with Crippen LogP contribution in [0.3, 0.4) is 0 Å². The minimum atomic E-state index is 0.913. The third-order valence-corrected chi connectivity index (χ3v) is 6.37. The van der Waals surface area contributed by atoms with Gasteiger partial charge < -0.3 is 0 Å². The molecule has 128 valence electrons. The summed E-state index contributed by atoms with van der Waals surface area (Å²) in [6.45, 7) is 4.65. The molecule has 0 atom stereocenters. The Labute approximate surface area is 140 Å². The molecule has 0 nitrogen and oxygen atoms in total. The standard InChI is InChI=1S/C22H40/c1-3-5-7-19-9-13-21(14-10-19)17-18-22-15-11-20(12-16-22)8-6-4-2/h17-22H,3-16H2,1-2H3/b18-17+. The molecule has 0 saturated heterocycles. The molecule has 0 amide bonds. The quantitative estimate of drug-likeness (QED) is 0.406. The van der Waals surface area contributed by atoms with Crippen LogP contribution in [0.4, 0.5) is 0 Å². The smallest absolute Gasteiger partial charge is 0.0233 e. The first-order chi connectivity index (χ1) is 10.8. The van der Waals surface area contributed by atoms with Gasteiger partial charge in [0.25, 0.3) is 0 Å². The van der Waals surface area contributed by atoms with Crippen LogP contribution in [0.5, 0.6) is 0 Å². The highest BCUT2D eigenvalue weighted by atomic mass is 14.3. The third kappa shape index (κ3) is 6.47. The van der Waals surface area contributed by atoms with Crippen LogP contribution in [0.25, 0.3) is 0 Å². The Bertz CT molecular complexity index is 257. The van der Waals surface area contributed by atoms with Crippen molar-refractivity contribution in [1.82, 2.24) is 0 Å². The number of hydrogen-bond donors (Lipinski definition) is 0. The molecular weight excluding hydrogens is 264 g/mol. The van der Waals surface area contributed by atoms with Gasteiger partial charge in [-0.05, 0) is 75.0 Å². The van der Waals surface area contributed by atoms with E-state index in [2.05, 4.69) is 26.0 Å². The van der Waals surface area contributed by atoms with Crippen molar-refractivity contribution in [3.63, 3.8) is 0 Å². The van der Waals surface area contributed by atoms with E-state index in [9.17, 15) is 0 Å². The summed E-state index contributed by atoms with van der Waals surface area (Å²) in [5.74, 6) is 3.93. The molecule has 2 saturated carbocycles. The van der Waals surface area contributed by atoms with Crippen molar-refractivity contribution in [2.45, 2.75) is 104 Å². The van der Waals surface area contributed by atoms with Crippen LogP contribution in [0.15, 0.2) is 12.2 Å².